The molecular formula is C17H33NO4. The SMILES string of the molecule is CC1(C)[C@H]2CC[C@]1(C)[C@H](OC[C@H](O)CN(CCO)CCO)C2. The second kappa shape index (κ2) is 7.14. The molecule has 5 heteroatoms. The van der Waals surface area contributed by atoms with E-state index in [1.807, 2.05) is 4.90 Å². The normalized spacial score (nSPS) is 34.5. The molecular weight excluding hydrogens is 282 g/mol. The monoisotopic (exact) mass is 315 g/mol. The first-order valence-corrected chi connectivity index (χ1v) is 8.59. The summed E-state index contributed by atoms with van der Waals surface area (Å²) in [4.78, 5) is 1.86. The van der Waals surface area contributed by atoms with Crippen LogP contribution in [0.15, 0.2) is 0 Å². The van der Waals surface area contributed by atoms with Crippen molar-refractivity contribution in [2.45, 2.75) is 52.2 Å². The van der Waals surface area contributed by atoms with Gasteiger partial charge in [-0.25, -0.2) is 0 Å². The van der Waals surface area contributed by atoms with Gasteiger partial charge in [0.2, 0.25) is 0 Å². The molecule has 0 aromatic carbocycles. The Kier molecular flexibility index (Phi) is 5.89. The van der Waals surface area contributed by atoms with Gasteiger partial charge in [0, 0.05) is 19.6 Å². The molecule has 130 valence electrons. The van der Waals surface area contributed by atoms with Crippen LogP contribution in [0.4, 0.5) is 0 Å². The third-order valence-electron chi connectivity index (χ3n) is 6.51. The minimum Gasteiger partial charge on any atom is -0.395 e. The van der Waals surface area contributed by atoms with Crippen LogP contribution >= 0.6 is 0 Å². The largest absolute Gasteiger partial charge is 0.395 e. The Bertz CT molecular complexity index is 357. The fourth-order valence-corrected chi connectivity index (χ4v) is 4.54. The molecule has 0 heterocycles. The van der Waals surface area contributed by atoms with Crippen LogP contribution in [0.25, 0.3) is 0 Å². The molecule has 2 aliphatic carbocycles. The zero-order valence-electron chi connectivity index (χ0n) is 14.3. The number of ether oxygens (including phenoxy) is 1. The number of aliphatic hydroxyl groups excluding tert-OH is 3. The first-order chi connectivity index (χ1) is 10.3. The van der Waals surface area contributed by atoms with Gasteiger partial charge in [0.05, 0.1) is 32.0 Å². The van der Waals surface area contributed by atoms with Gasteiger partial charge in [0.25, 0.3) is 0 Å². The Morgan fingerprint density at radius 3 is 2.27 bits per heavy atom. The van der Waals surface area contributed by atoms with E-state index in [9.17, 15) is 5.11 Å². The van der Waals surface area contributed by atoms with E-state index >= 15 is 0 Å². The molecule has 0 saturated heterocycles. The van der Waals surface area contributed by atoms with Gasteiger partial charge in [-0.2, -0.15) is 0 Å². The number of hydrogen-bond donors (Lipinski definition) is 3. The highest BCUT2D eigenvalue weighted by molar-refractivity contribution is 5.11. The van der Waals surface area contributed by atoms with E-state index in [2.05, 4.69) is 20.8 Å². The van der Waals surface area contributed by atoms with Crippen LogP contribution in [0.5, 0.6) is 0 Å². The smallest absolute Gasteiger partial charge is 0.0900 e. The number of nitrogens with zero attached hydrogens (tertiary/aromatic N) is 1. The molecule has 5 nitrogen and oxygen atoms in total. The highest BCUT2D eigenvalue weighted by atomic mass is 16.5. The zero-order chi connectivity index (χ0) is 16.4. The number of aliphatic hydroxyl groups is 3. The molecule has 0 amide bonds. The average molecular weight is 315 g/mol. The molecule has 4 atom stereocenters. The number of hydrogen-bond acceptors (Lipinski definition) is 5. The topological polar surface area (TPSA) is 73.2 Å². The quantitative estimate of drug-likeness (QED) is 0.589. The van der Waals surface area contributed by atoms with Gasteiger partial charge in [-0.1, -0.05) is 20.8 Å². The van der Waals surface area contributed by atoms with E-state index in [4.69, 9.17) is 14.9 Å². The Labute approximate surface area is 134 Å². The van der Waals surface area contributed by atoms with Gasteiger partial charge in [-0.3, -0.25) is 4.90 Å². The van der Waals surface area contributed by atoms with Gasteiger partial charge in [0.1, 0.15) is 0 Å². The first-order valence-electron chi connectivity index (χ1n) is 8.59. The van der Waals surface area contributed by atoms with Crippen molar-refractivity contribution < 1.29 is 20.1 Å². The van der Waals surface area contributed by atoms with E-state index in [-0.39, 0.29) is 24.7 Å². The lowest BCUT2D eigenvalue weighted by Crippen LogP contribution is -2.41. The number of fused-ring (bicyclic) bond motifs is 2. The molecule has 0 spiro atoms. The van der Waals surface area contributed by atoms with Gasteiger partial charge >= 0.3 is 0 Å². The van der Waals surface area contributed by atoms with Crippen molar-refractivity contribution >= 4 is 0 Å². The minimum atomic E-state index is -0.580. The fraction of sp³-hybridized carbons (Fsp3) is 1.00. The standard InChI is InChI=1S/C17H33NO4/c1-16(2)13-4-5-17(16,3)15(10-13)22-12-14(21)11-18(6-8-19)7-9-20/h13-15,19-21H,4-12H2,1-3H3/t13-,14+,15+,17+/m0/s1. The van der Waals surface area contributed by atoms with Crippen molar-refractivity contribution in [3.8, 4) is 0 Å². The molecule has 2 saturated carbocycles. The summed E-state index contributed by atoms with van der Waals surface area (Å²) in [6.07, 6.45) is 3.27. The van der Waals surface area contributed by atoms with Crippen molar-refractivity contribution in [2.24, 2.45) is 16.7 Å². The van der Waals surface area contributed by atoms with Crippen LogP contribution in [0.2, 0.25) is 0 Å². The highest BCUT2D eigenvalue weighted by Gasteiger charge is 2.61. The molecule has 0 aliphatic heterocycles. The van der Waals surface area contributed by atoms with Crippen molar-refractivity contribution in [1.29, 1.82) is 0 Å². The molecule has 3 N–H and O–H groups in total. The van der Waals surface area contributed by atoms with Crippen molar-refractivity contribution in [3.63, 3.8) is 0 Å². The highest BCUT2D eigenvalue weighted by Crippen LogP contribution is 2.66. The zero-order valence-corrected chi connectivity index (χ0v) is 14.3. The second-order valence-corrected chi connectivity index (χ2v) is 7.83. The average Bonchev–Trinajstić information content (AvgIpc) is 2.78. The maximum Gasteiger partial charge on any atom is 0.0900 e. The lowest BCUT2D eigenvalue weighted by Gasteiger charge is -2.39. The summed E-state index contributed by atoms with van der Waals surface area (Å²) in [5.74, 6) is 0.736. The van der Waals surface area contributed by atoms with Crippen LogP contribution in [0.3, 0.4) is 0 Å². The number of rotatable bonds is 9. The van der Waals surface area contributed by atoms with Crippen molar-refractivity contribution in [3.05, 3.63) is 0 Å². The molecule has 0 aromatic rings. The van der Waals surface area contributed by atoms with Gasteiger partial charge in [0.15, 0.2) is 0 Å². The predicted molar refractivity (Wildman–Crippen MR) is 85.6 cm³/mol. The van der Waals surface area contributed by atoms with E-state index in [1.54, 1.807) is 0 Å². The second-order valence-electron chi connectivity index (χ2n) is 7.83. The summed E-state index contributed by atoms with van der Waals surface area (Å²) in [6.45, 7) is 8.80. The fourth-order valence-electron chi connectivity index (χ4n) is 4.54. The van der Waals surface area contributed by atoms with Crippen molar-refractivity contribution in [1.82, 2.24) is 4.90 Å². The molecule has 0 unspecified atom stereocenters. The Balaban J connectivity index is 1.81. The Hall–Kier alpha value is -0.200. The molecule has 0 radical (unpaired) electrons. The van der Waals surface area contributed by atoms with Gasteiger partial charge in [-0.05, 0) is 36.0 Å². The molecule has 2 rings (SSSR count). The summed E-state index contributed by atoms with van der Waals surface area (Å²) in [7, 11) is 0. The predicted octanol–water partition coefficient (Wildman–Crippen LogP) is 0.865. The molecule has 2 aliphatic rings. The summed E-state index contributed by atoms with van der Waals surface area (Å²) >= 11 is 0. The van der Waals surface area contributed by atoms with Crippen molar-refractivity contribution in [2.75, 3.05) is 39.5 Å². The minimum absolute atomic E-state index is 0.0319. The van der Waals surface area contributed by atoms with Crippen LogP contribution in [-0.4, -0.2) is 71.9 Å². The molecule has 22 heavy (non-hydrogen) atoms. The summed E-state index contributed by atoms with van der Waals surface area (Å²) in [5, 5.41) is 28.2. The third kappa shape index (κ3) is 3.34. The molecule has 0 aromatic heterocycles. The van der Waals surface area contributed by atoms with Crippen LogP contribution < -0.4 is 0 Å². The summed E-state index contributed by atoms with van der Waals surface area (Å²) < 4.78 is 6.09. The Morgan fingerprint density at radius 1 is 1.18 bits per heavy atom. The van der Waals surface area contributed by atoms with Crippen LogP contribution in [0.1, 0.15) is 40.0 Å². The van der Waals surface area contributed by atoms with Crippen LogP contribution in [-0.2, 0) is 4.74 Å². The molecule has 2 bridgehead atoms. The van der Waals surface area contributed by atoms with Gasteiger partial charge < -0.3 is 20.1 Å². The Morgan fingerprint density at radius 2 is 1.82 bits per heavy atom. The lowest BCUT2D eigenvalue weighted by atomic mass is 9.70. The van der Waals surface area contributed by atoms with E-state index in [0.717, 1.165) is 12.3 Å². The molecule has 2 fully saturated rings. The maximum absolute atomic E-state index is 10.2. The maximum atomic E-state index is 10.2. The van der Waals surface area contributed by atoms with E-state index < -0.39 is 6.10 Å². The lowest BCUT2D eigenvalue weighted by molar-refractivity contribution is -0.0800. The van der Waals surface area contributed by atoms with E-state index in [0.29, 0.717) is 31.7 Å². The van der Waals surface area contributed by atoms with Gasteiger partial charge in [-0.15, -0.1) is 0 Å². The van der Waals surface area contributed by atoms with E-state index in [1.165, 1.54) is 12.8 Å². The summed E-state index contributed by atoms with van der Waals surface area (Å²) in [6, 6.07) is 0. The summed E-state index contributed by atoms with van der Waals surface area (Å²) in [5.41, 5.74) is 0.537. The van der Waals surface area contributed by atoms with Crippen LogP contribution in [0, 0.1) is 16.7 Å². The third-order valence-corrected chi connectivity index (χ3v) is 6.51. The first kappa shape index (κ1) is 18.1.